The number of carboxylic acid groups (broad SMARTS) is 1. The molecule has 0 saturated heterocycles. The topological polar surface area (TPSA) is 69.2 Å². The van der Waals surface area contributed by atoms with E-state index >= 15 is 0 Å². The molecule has 0 unspecified atom stereocenters. The van der Waals surface area contributed by atoms with Crippen molar-refractivity contribution in [3.8, 4) is 0 Å². The molecule has 1 aromatic carbocycles. The summed E-state index contributed by atoms with van der Waals surface area (Å²) in [6.45, 7) is 2.01. The molecule has 1 aromatic rings. The lowest BCUT2D eigenvalue weighted by atomic mass is 9.82. The Bertz CT molecular complexity index is 536. The van der Waals surface area contributed by atoms with E-state index in [1.165, 1.54) is 0 Å². The first-order valence-electron chi connectivity index (χ1n) is 6.88. The molecule has 0 heterocycles. The summed E-state index contributed by atoms with van der Waals surface area (Å²) >= 11 is 0. The normalized spacial score (nSPS) is 21.4. The quantitative estimate of drug-likeness (QED) is 0.845. The molecule has 0 bridgehead atoms. The van der Waals surface area contributed by atoms with E-state index in [9.17, 15) is 14.7 Å². The van der Waals surface area contributed by atoms with Gasteiger partial charge in [-0.3, -0.25) is 4.79 Å². The van der Waals surface area contributed by atoms with Gasteiger partial charge in [-0.05, 0) is 30.9 Å². The summed E-state index contributed by atoms with van der Waals surface area (Å²) in [5, 5.41) is 14.0. The number of hydrogen-bond acceptors (Lipinski definition) is 3. The van der Waals surface area contributed by atoms with E-state index < -0.39 is 17.8 Å². The van der Waals surface area contributed by atoms with Crippen LogP contribution < -0.4 is 10.4 Å². The molecule has 2 atom stereocenters. The van der Waals surface area contributed by atoms with E-state index in [1.807, 2.05) is 37.3 Å². The zero-order chi connectivity index (χ0) is 14.5. The number of benzene rings is 1. The molecular weight excluding hydrogens is 254 g/mol. The van der Waals surface area contributed by atoms with Gasteiger partial charge in [0.25, 0.3) is 0 Å². The van der Waals surface area contributed by atoms with Crippen molar-refractivity contribution in [3.63, 3.8) is 0 Å². The number of rotatable bonds is 4. The molecule has 4 heteroatoms. The van der Waals surface area contributed by atoms with Crippen molar-refractivity contribution in [1.29, 1.82) is 0 Å². The van der Waals surface area contributed by atoms with Gasteiger partial charge >= 0.3 is 0 Å². The minimum atomic E-state index is -1.15. The SMILES string of the molecule is CCc1ccccc1NC(=O)[C@@H]1CC=CC[C@@H]1C(=O)[O-]. The Morgan fingerprint density at radius 2 is 1.85 bits per heavy atom. The van der Waals surface area contributed by atoms with Crippen molar-refractivity contribution in [1.82, 2.24) is 0 Å². The van der Waals surface area contributed by atoms with Crippen LogP contribution in [0.4, 0.5) is 5.69 Å². The van der Waals surface area contributed by atoms with Gasteiger partial charge in [-0.25, -0.2) is 0 Å². The number of amides is 1. The summed E-state index contributed by atoms with van der Waals surface area (Å²) in [6, 6.07) is 7.56. The molecular formula is C16H18NO3-. The highest BCUT2D eigenvalue weighted by atomic mass is 16.4. The van der Waals surface area contributed by atoms with Crippen LogP contribution in [0.2, 0.25) is 0 Å². The molecule has 1 aliphatic rings. The maximum absolute atomic E-state index is 12.3. The van der Waals surface area contributed by atoms with Crippen molar-refractivity contribution in [2.24, 2.45) is 11.8 Å². The van der Waals surface area contributed by atoms with Crippen LogP contribution in [0.25, 0.3) is 0 Å². The van der Waals surface area contributed by atoms with Gasteiger partial charge in [0, 0.05) is 17.6 Å². The van der Waals surface area contributed by atoms with E-state index in [2.05, 4.69) is 5.32 Å². The fraction of sp³-hybridized carbons (Fsp3) is 0.375. The molecule has 0 aromatic heterocycles. The number of allylic oxidation sites excluding steroid dienone is 2. The van der Waals surface area contributed by atoms with Crippen LogP contribution in [0.15, 0.2) is 36.4 Å². The summed E-state index contributed by atoms with van der Waals surface area (Å²) in [6.07, 6.45) is 5.26. The van der Waals surface area contributed by atoms with Crippen molar-refractivity contribution < 1.29 is 14.7 Å². The Morgan fingerprint density at radius 3 is 2.50 bits per heavy atom. The number of carbonyl (C=O) groups excluding carboxylic acids is 2. The smallest absolute Gasteiger partial charge is 0.228 e. The summed E-state index contributed by atoms with van der Waals surface area (Å²) in [5.41, 5.74) is 1.80. The lowest BCUT2D eigenvalue weighted by molar-refractivity contribution is -0.313. The standard InChI is InChI=1S/C16H19NO3/c1-2-11-7-3-6-10-14(11)17-15(18)12-8-4-5-9-13(12)16(19)20/h3-7,10,12-13H,2,8-9H2,1H3,(H,17,18)(H,19,20)/p-1/t12-,13+/m1/s1. The van der Waals surface area contributed by atoms with E-state index in [0.717, 1.165) is 17.7 Å². The predicted octanol–water partition coefficient (Wildman–Crippen LogP) is 1.52. The van der Waals surface area contributed by atoms with Crippen LogP contribution in [0.5, 0.6) is 0 Å². The fourth-order valence-electron chi connectivity index (χ4n) is 2.54. The molecule has 2 rings (SSSR count). The minimum absolute atomic E-state index is 0.246. The molecule has 1 N–H and O–H groups in total. The maximum atomic E-state index is 12.3. The van der Waals surface area contributed by atoms with Gasteiger partial charge in [-0.15, -0.1) is 0 Å². The maximum Gasteiger partial charge on any atom is 0.228 e. The fourth-order valence-corrected chi connectivity index (χ4v) is 2.54. The molecule has 1 aliphatic carbocycles. The summed E-state index contributed by atoms with van der Waals surface area (Å²) in [7, 11) is 0. The second-order valence-electron chi connectivity index (χ2n) is 4.97. The number of aliphatic carboxylic acids is 1. The van der Waals surface area contributed by atoms with Gasteiger partial charge in [0.05, 0.1) is 5.92 Å². The van der Waals surface area contributed by atoms with E-state index in [1.54, 1.807) is 6.08 Å². The largest absolute Gasteiger partial charge is 0.550 e. The van der Waals surface area contributed by atoms with E-state index in [4.69, 9.17) is 0 Å². The van der Waals surface area contributed by atoms with Crippen LogP contribution >= 0.6 is 0 Å². The van der Waals surface area contributed by atoms with Gasteiger partial charge in [-0.2, -0.15) is 0 Å². The Hall–Kier alpha value is -2.10. The number of hydrogen-bond donors (Lipinski definition) is 1. The predicted molar refractivity (Wildman–Crippen MR) is 74.8 cm³/mol. The Morgan fingerprint density at radius 1 is 1.20 bits per heavy atom. The lowest BCUT2D eigenvalue weighted by Gasteiger charge is -2.28. The Labute approximate surface area is 118 Å². The number of anilines is 1. The van der Waals surface area contributed by atoms with Gasteiger partial charge in [0.1, 0.15) is 0 Å². The molecule has 1 amide bonds. The molecule has 0 spiro atoms. The van der Waals surface area contributed by atoms with Crippen molar-refractivity contribution in [2.45, 2.75) is 26.2 Å². The number of carboxylic acids is 1. The summed E-state index contributed by atoms with van der Waals surface area (Å²) in [4.78, 5) is 23.4. The van der Waals surface area contributed by atoms with Gasteiger partial charge in [-0.1, -0.05) is 37.3 Å². The van der Waals surface area contributed by atoms with Crippen molar-refractivity contribution in [3.05, 3.63) is 42.0 Å². The number of carbonyl (C=O) groups is 2. The average molecular weight is 272 g/mol. The molecule has 0 fully saturated rings. The molecule has 106 valence electrons. The number of nitrogens with one attached hydrogen (secondary N) is 1. The minimum Gasteiger partial charge on any atom is -0.550 e. The van der Waals surface area contributed by atoms with Crippen LogP contribution in [-0.4, -0.2) is 11.9 Å². The Kier molecular flexibility index (Phi) is 4.56. The first-order chi connectivity index (χ1) is 9.63. The molecule has 0 radical (unpaired) electrons. The lowest BCUT2D eigenvalue weighted by Crippen LogP contribution is -2.41. The van der Waals surface area contributed by atoms with Crippen molar-refractivity contribution >= 4 is 17.6 Å². The summed E-state index contributed by atoms with van der Waals surface area (Å²) < 4.78 is 0. The van der Waals surface area contributed by atoms with E-state index in [0.29, 0.717) is 12.8 Å². The first kappa shape index (κ1) is 14.3. The van der Waals surface area contributed by atoms with Gasteiger partial charge in [0.2, 0.25) is 5.91 Å². The Balaban J connectivity index is 2.14. The monoisotopic (exact) mass is 272 g/mol. The summed E-state index contributed by atoms with van der Waals surface area (Å²) in [5.74, 6) is -2.70. The van der Waals surface area contributed by atoms with E-state index in [-0.39, 0.29) is 5.91 Å². The first-order valence-corrected chi connectivity index (χ1v) is 6.88. The third kappa shape index (κ3) is 3.07. The number of aryl methyl sites for hydroxylation is 1. The second-order valence-corrected chi connectivity index (χ2v) is 4.97. The molecule has 20 heavy (non-hydrogen) atoms. The third-order valence-electron chi connectivity index (χ3n) is 3.73. The zero-order valence-corrected chi connectivity index (χ0v) is 11.5. The van der Waals surface area contributed by atoms with Crippen LogP contribution in [-0.2, 0) is 16.0 Å². The number of para-hydroxylation sites is 1. The molecule has 0 saturated carbocycles. The third-order valence-corrected chi connectivity index (χ3v) is 3.73. The highest BCUT2D eigenvalue weighted by molar-refractivity contribution is 5.95. The molecule has 4 nitrogen and oxygen atoms in total. The highest BCUT2D eigenvalue weighted by Gasteiger charge is 2.29. The van der Waals surface area contributed by atoms with Crippen molar-refractivity contribution in [2.75, 3.05) is 5.32 Å². The zero-order valence-electron chi connectivity index (χ0n) is 11.5. The highest BCUT2D eigenvalue weighted by Crippen LogP contribution is 2.27. The van der Waals surface area contributed by atoms with Crippen LogP contribution in [0.3, 0.4) is 0 Å². The van der Waals surface area contributed by atoms with Gasteiger partial charge in [0.15, 0.2) is 0 Å². The molecule has 0 aliphatic heterocycles. The van der Waals surface area contributed by atoms with Gasteiger partial charge < -0.3 is 15.2 Å². The van der Waals surface area contributed by atoms with Crippen LogP contribution in [0.1, 0.15) is 25.3 Å². The average Bonchev–Trinajstić information content (AvgIpc) is 2.47. The van der Waals surface area contributed by atoms with Crippen LogP contribution in [0, 0.1) is 11.8 Å². The second kappa shape index (κ2) is 6.37.